The predicted octanol–water partition coefficient (Wildman–Crippen LogP) is 5.18. The van der Waals surface area contributed by atoms with Crippen LogP contribution in [-0.4, -0.2) is 23.9 Å². The molecule has 1 aliphatic rings. The van der Waals surface area contributed by atoms with E-state index in [0.717, 1.165) is 5.56 Å². The van der Waals surface area contributed by atoms with Crippen molar-refractivity contribution in [3.63, 3.8) is 0 Å². The smallest absolute Gasteiger partial charge is 0.363 e. The summed E-state index contributed by atoms with van der Waals surface area (Å²) < 4.78 is 16.5. The molecule has 0 bridgehead atoms. The topological polar surface area (TPSA) is 100 Å². The van der Waals surface area contributed by atoms with Gasteiger partial charge in [0.1, 0.15) is 6.61 Å². The number of esters is 1. The zero-order valence-electron chi connectivity index (χ0n) is 17.4. The van der Waals surface area contributed by atoms with E-state index in [0.29, 0.717) is 23.7 Å². The number of ether oxygens (including phenoxy) is 3. The maximum absolute atomic E-state index is 12.3. The lowest BCUT2D eigenvalue weighted by Crippen LogP contribution is -2.06. The van der Waals surface area contributed by atoms with Crippen LogP contribution in [-0.2, 0) is 16.1 Å². The second-order valence-electron chi connectivity index (χ2n) is 6.94. The molecule has 1 heterocycles. The minimum absolute atomic E-state index is 0.0269. The first kappa shape index (κ1) is 22.0. The molecule has 0 spiro atoms. The average Bonchev–Trinajstić information content (AvgIpc) is 3.18. The highest BCUT2D eigenvalue weighted by molar-refractivity contribution is 6.34. The van der Waals surface area contributed by atoms with E-state index in [1.165, 1.54) is 31.4 Å². The standard InChI is InChI=1S/C24H17ClN2O6/c1-31-22-12-16(7-10-21(22)32-14-15-5-3-2-4-6-15)11-20-24(28)33-23(26-20)18-9-8-17(27(29)30)13-19(18)25/h2-13H,14H2,1H3/b20-11-. The SMILES string of the molecule is COc1cc(/C=C2\N=C(c3ccc([N+](=O)[O-])cc3Cl)OC2=O)ccc1OCc1ccccc1. The Morgan fingerprint density at radius 1 is 1.09 bits per heavy atom. The Kier molecular flexibility index (Phi) is 6.37. The van der Waals surface area contributed by atoms with Crippen LogP contribution in [0.3, 0.4) is 0 Å². The fourth-order valence-corrected chi connectivity index (χ4v) is 3.36. The molecular weight excluding hydrogens is 448 g/mol. The average molecular weight is 465 g/mol. The van der Waals surface area contributed by atoms with E-state index in [4.69, 9.17) is 25.8 Å². The lowest BCUT2D eigenvalue weighted by molar-refractivity contribution is -0.384. The molecule has 0 radical (unpaired) electrons. The van der Waals surface area contributed by atoms with Crippen molar-refractivity contribution in [2.75, 3.05) is 7.11 Å². The van der Waals surface area contributed by atoms with E-state index >= 15 is 0 Å². The summed E-state index contributed by atoms with van der Waals surface area (Å²) in [5, 5.41) is 10.9. The molecule has 0 aliphatic carbocycles. The Morgan fingerprint density at radius 2 is 1.88 bits per heavy atom. The molecule has 4 rings (SSSR count). The summed E-state index contributed by atoms with van der Waals surface area (Å²) in [7, 11) is 1.53. The minimum Gasteiger partial charge on any atom is -0.493 e. The number of methoxy groups -OCH3 is 1. The first-order valence-electron chi connectivity index (χ1n) is 9.76. The Morgan fingerprint density at radius 3 is 2.58 bits per heavy atom. The van der Waals surface area contributed by atoms with Gasteiger partial charge in [-0.3, -0.25) is 10.1 Å². The summed E-state index contributed by atoms with van der Waals surface area (Å²) in [6.07, 6.45) is 1.54. The fraction of sp³-hybridized carbons (Fsp3) is 0.0833. The number of rotatable bonds is 7. The number of hydrogen-bond acceptors (Lipinski definition) is 7. The van der Waals surface area contributed by atoms with Crippen molar-refractivity contribution in [3.8, 4) is 11.5 Å². The van der Waals surface area contributed by atoms with Gasteiger partial charge in [0.05, 0.1) is 22.6 Å². The third-order valence-electron chi connectivity index (χ3n) is 4.74. The Balaban J connectivity index is 1.56. The first-order chi connectivity index (χ1) is 15.9. The van der Waals surface area contributed by atoms with Gasteiger partial charge in [0, 0.05) is 12.1 Å². The molecule has 0 N–H and O–H groups in total. The molecule has 33 heavy (non-hydrogen) atoms. The summed E-state index contributed by atoms with van der Waals surface area (Å²) in [6, 6.07) is 18.8. The monoisotopic (exact) mass is 464 g/mol. The number of hydrogen-bond donors (Lipinski definition) is 0. The van der Waals surface area contributed by atoms with E-state index in [1.54, 1.807) is 18.2 Å². The van der Waals surface area contributed by atoms with E-state index < -0.39 is 10.9 Å². The molecule has 1 aliphatic heterocycles. The zero-order chi connectivity index (χ0) is 23.4. The molecule has 3 aromatic rings. The van der Waals surface area contributed by atoms with Gasteiger partial charge in [-0.1, -0.05) is 48.0 Å². The second-order valence-corrected chi connectivity index (χ2v) is 7.35. The van der Waals surface area contributed by atoms with Gasteiger partial charge in [0.15, 0.2) is 17.2 Å². The van der Waals surface area contributed by atoms with Crippen molar-refractivity contribution in [2.24, 2.45) is 4.99 Å². The van der Waals surface area contributed by atoms with Crippen LogP contribution in [0, 0.1) is 10.1 Å². The lowest BCUT2D eigenvalue weighted by Gasteiger charge is -2.11. The zero-order valence-corrected chi connectivity index (χ0v) is 18.1. The summed E-state index contributed by atoms with van der Waals surface area (Å²) >= 11 is 6.11. The van der Waals surface area contributed by atoms with Crippen molar-refractivity contribution >= 4 is 35.2 Å². The summed E-state index contributed by atoms with van der Waals surface area (Å²) in [5.74, 6) is 0.359. The van der Waals surface area contributed by atoms with Crippen molar-refractivity contribution in [2.45, 2.75) is 6.61 Å². The summed E-state index contributed by atoms with van der Waals surface area (Å²) in [4.78, 5) is 26.8. The number of halogens is 1. The molecule has 0 fully saturated rings. The van der Waals surface area contributed by atoms with Crippen molar-refractivity contribution < 1.29 is 23.9 Å². The third kappa shape index (κ3) is 5.02. The van der Waals surface area contributed by atoms with Gasteiger partial charge in [0.2, 0.25) is 5.90 Å². The highest BCUT2D eigenvalue weighted by Gasteiger charge is 2.26. The summed E-state index contributed by atoms with van der Waals surface area (Å²) in [5.41, 5.74) is 1.82. The van der Waals surface area contributed by atoms with Crippen LogP contribution in [0.4, 0.5) is 5.69 Å². The van der Waals surface area contributed by atoms with Crippen LogP contribution in [0.1, 0.15) is 16.7 Å². The van der Waals surface area contributed by atoms with Gasteiger partial charge in [-0.2, -0.15) is 0 Å². The number of carbonyl (C=O) groups is 1. The molecule has 9 heteroatoms. The normalized spacial score (nSPS) is 14.1. The number of carbonyl (C=O) groups excluding carboxylic acids is 1. The third-order valence-corrected chi connectivity index (χ3v) is 5.06. The van der Waals surface area contributed by atoms with E-state index in [2.05, 4.69) is 4.99 Å². The molecule has 8 nitrogen and oxygen atoms in total. The van der Waals surface area contributed by atoms with Crippen LogP contribution in [0.5, 0.6) is 11.5 Å². The summed E-state index contributed by atoms with van der Waals surface area (Å²) in [6.45, 7) is 0.383. The van der Waals surface area contributed by atoms with E-state index in [1.807, 2.05) is 30.3 Å². The Bertz CT molecular complexity index is 1290. The molecule has 3 aromatic carbocycles. The maximum Gasteiger partial charge on any atom is 0.363 e. The van der Waals surface area contributed by atoms with Gasteiger partial charge in [-0.05, 0) is 35.4 Å². The second kappa shape index (κ2) is 9.54. The fourth-order valence-electron chi connectivity index (χ4n) is 3.10. The van der Waals surface area contributed by atoms with Crippen molar-refractivity contribution in [1.82, 2.24) is 0 Å². The van der Waals surface area contributed by atoms with Crippen molar-refractivity contribution in [1.29, 1.82) is 0 Å². The van der Waals surface area contributed by atoms with Gasteiger partial charge >= 0.3 is 5.97 Å². The van der Waals surface area contributed by atoms with Gasteiger partial charge in [0.25, 0.3) is 5.69 Å². The molecular formula is C24H17ClN2O6. The number of nitrogens with zero attached hydrogens (tertiary/aromatic N) is 2. The van der Waals surface area contributed by atoms with Gasteiger partial charge in [-0.25, -0.2) is 9.79 Å². The number of aliphatic imine (C=N–C) groups is 1. The van der Waals surface area contributed by atoms with Crippen LogP contribution in [0.15, 0.2) is 77.4 Å². The molecule has 0 saturated heterocycles. The molecule has 0 unspecified atom stereocenters. The highest BCUT2D eigenvalue weighted by atomic mass is 35.5. The number of benzene rings is 3. The quantitative estimate of drug-likeness (QED) is 0.207. The molecule has 0 atom stereocenters. The molecule has 0 saturated carbocycles. The largest absolute Gasteiger partial charge is 0.493 e. The van der Waals surface area contributed by atoms with E-state index in [9.17, 15) is 14.9 Å². The molecule has 0 amide bonds. The molecule has 0 aromatic heterocycles. The Labute approximate surface area is 193 Å². The molecule has 166 valence electrons. The van der Waals surface area contributed by atoms with Crippen LogP contribution in [0.2, 0.25) is 5.02 Å². The number of nitro groups is 1. The van der Waals surface area contributed by atoms with Gasteiger partial charge in [-0.15, -0.1) is 0 Å². The number of cyclic esters (lactones) is 1. The lowest BCUT2D eigenvalue weighted by atomic mass is 10.1. The van der Waals surface area contributed by atoms with Gasteiger partial charge < -0.3 is 14.2 Å². The predicted molar refractivity (Wildman–Crippen MR) is 122 cm³/mol. The maximum atomic E-state index is 12.3. The van der Waals surface area contributed by atoms with Crippen LogP contribution in [0.25, 0.3) is 6.08 Å². The van der Waals surface area contributed by atoms with E-state index in [-0.39, 0.29) is 27.9 Å². The number of non-ortho nitro benzene ring substituents is 1. The van der Waals surface area contributed by atoms with Crippen LogP contribution >= 0.6 is 11.6 Å². The minimum atomic E-state index is -0.664. The first-order valence-corrected chi connectivity index (χ1v) is 10.1. The van der Waals surface area contributed by atoms with Crippen LogP contribution < -0.4 is 9.47 Å². The van der Waals surface area contributed by atoms with Crippen molar-refractivity contribution in [3.05, 3.63) is 104 Å². The number of nitro benzene ring substituents is 1. The Hall–Kier alpha value is -4.17. The highest BCUT2D eigenvalue weighted by Crippen LogP contribution is 2.31.